The van der Waals surface area contributed by atoms with E-state index in [1.165, 1.54) is 22.5 Å². The zero-order valence-corrected chi connectivity index (χ0v) is 13.8. The molecule has 4 nitrogen and oxygen atoms in total. The fraction of sp³-hybridized carbons (Fsp3) is 0.571. The Balaban J connectivity index is 2.20. The van der Waals surface area contributed by atoms with Gasteiger partial charge in [0.2, 0.25) is 10.0 Å². The van der Waals surface area contributed by atoms with E-state index in [-0.39, 0.29) is 10.7 Å². The van der Waals surface area contributed by atoms with Gasteiger partial charge < -0.3 is 5.32 Å². The molecule has 0 atom stereocenters. The predicted molar refractivity (Wildman–Crippen MR) is 84.5 cm³/mol. The smallest absolute Gasteiger partial charge is 0.243 e. The van der Waals surface area contributed by atoms with Crippen molar-refractivity contribution in [2.24, 2.45) is 0 Å². The molecule has 1 heterocycles. The number of thioether (sulfide) groups is 1. The van der Waals surface area contributed by atoms with Crippen molar-refractivity contribution in [1.82, 2.24) is 9.62 Å². The van der Waals surface area contributed by atoms with Crippen LogP contribution in [0.15, 0.2) is 23.1 Å². The van der Waals surface area contributed by atoms with Gasteiger partial charge >= 0.3 is 0 Å². The first-order chi connectivity index (χ1) is 10.1. The van der Waals surface area contributed by atoms with E-state index in [0.717, 1.165) is 24.5 Å². The highest BCUT2D eigenvalue weighted by molar-refractivity contribution is 7.99. The third-order valence-corrected chi connectivity index (χ3v) is 6.20. The van der Waals surface area contributed by atoms with Gasteiger partial charge in [0.15, 0.2) is 0 Å². The molecular weight excluding hydrogens is 311 g/mol. The summed E-state index contributed by atoms with van der Waals surface area (Å²) >= 11 is 1.75. The standard InChI is InChI=1S/C14H21FN2O2S2/c1-2-5-16-11-12-10-13(3-4-14(12)15)21(18,19)17-6-8-20-9-7-17/h3-4,10,16H,2,5-9,11H2,1H3. The lowest BCUT2D eigenvalue weighted by Gasteiger charge is -2.25. The van der Waals surface area contributed by atoms with Crippen LogP contribution in [0.25, 0.3) is 0 Å². The molecule has 1 aromatic carbocycles. The number of nitrogens with one attached hydrogen (secondary N) is 1. The molecular formula is C14H21FN2O2S2. The van der Waals surface area contributed by atoms with Crippen molar-refractivity contribution < 1.29 is 12.8 Å². The first-order valence-electron chi connectivity index (χ1n) is 7.12. The average molecular weight is 332 g/mol. The van der Waals surface area contributed by atoms with E-state index in [2.05, 4.69) is 5.32 Å². The number of halogens is 1. The molecule has 0 unspecified atom stereocenters. The molecule has 1 aliphatic rings. The Hall–Kier alpha value is -0.630. The van der Waals surface area contributed by atoms with Crippen molar-refractivity contribution in [3.8, 4) is 0 Å². The minimum absolute atomic E-state index is 0.184. The van der Waals surface area contributed by atoms with Crippen LogP contribution in [-0.2, 0) is 16.6 Å². The molecule has 1 fully saturated rings. The molecule has 118 valence electrons. The maximum Gasteiger partial charge on any atom is 0.243 e. The molecule has 0 spiro atoms. The van der Waals surface area contributed by atoms with Gasteiger partial charge in [0.25, 0.3) is 0 Å². The molecule has 0 bridgehead atoms. The first kappa shape index (κ1) is 16.7. The minimum atomic E-state index is -3.51. The normalized spacial score (nSPS) is 17.0. The summed E-state index contributed by atoms with van der Waals surface area (Å²) in [6.45, 7) is 4.19. The Morgan fingerprint density at radius 1 is 1.33 bits per heavy atom. The van der Waals surface area contributed by atoms with Crippen LogP contribution >= 0.6 is 11.8 Å². The summed E-state index contributed by atoms with van der Waals surface area (Å²) in [5, 5.41) is 3.10. The van der Waals surface area contributed by atoms with E-state index in [0.29, 0.717) is 25.2 Å². The number of rotatable bonds is 6. The van der Waals surface area contributed by atoms with E-state index in [1.54, 1.807) is 11.8 Å². The van der Waals surface area contributed by atoms with E-state index >= 15 is 0 Å². The number of sulfonamides is 1. The van der Waals surface area contributed by atoms with Crippen molar-refractivity contribution in [2.45, 2.75) is 24.8 Å². The zero-order valence-electron chi connectivity index (χ0n) is 12.1. The van der Waals surface area contributed by atoms with Crippen LogP contribution in [-0.4, -0.2) is 43.9 Å². The molecule has 0 radical (unpaired) electrons. The highest BCUT2D eigenvalue weighted by Gasteiger charge is 2.26. The van der Waals surface area contributed by atoms with Crippen LogP contribution in [0.4, 0.5) is 4.39 Å². The summed E-state index contributed by atoms with van der Waals surface area (Å²) in [6.07, 6.45) is 0.949. The average Bonchev–Trinajstić information content (AvgIpc) is 2.50. The van der Waals surface area contributed by atoms with Crippen molar-refractivity contribution in [2.75, 3.05) is 31.1 Å². The highest BCUT2D eigenvalue weighted by Crippen LogP contribution is 2.22. The molecule has 0 saturated carbocycles. The van der Waals surface area contributed by atoms with Crippen LogP contribution in [0, 0.1) is 5.82 Å². The SMILES string of the molecule is CCCNCc1cc(S(=O)(=O)N2CCSCC2)ccc1F. The maximum absolute atomic E-state index is 13.8. The molecule has 1 saturated heterocycles. The van der Waals surface area contributed by atoms with E-state index in [9.17, 15) is 12.8 Å². The molecule has 0 amide bonds. The Kier molecular flexibility index (Phi) is 6.04. The molecule has 21 heavy (non-hydrogen) atoms. The lowest BCUT2D eigenvalue weighted by molar-refractivity contribution is 0.443. The van der Waals surface area contributed by atoms with Crippen molar-refractivity contribution in [3.63, 3.8) is 0 Å². The van der Waals surface area contributed by atoms with Crippen LogP contribution in [0.1, 0.15) is 18.9 Å². The van der Waals surface area contributed by atoms with Crippen LogP contribution in [0.5, 0.6) is 0 Å². The summed E-state index contributed by atoms with van der Waals surface area (Å²) in [4.78, 5) is 0.184. The van der Waals surface area contributed by atoms with Crippen molar-refractivity contribution >= 4 is 21.8 Å². The summed E-state index contributed by atoms with van der Waals surface area (Å²) in [7, 11) is -3.51. The van der Waals surface area contributed by atoms with Gasteiger partial charge in [0.05, 0.1) is 4.90 Å². The summed E-state index contributed by atoms with van der Waals surface area (Å²) in [5.41, 5.74) is 0.399. The maximum atomic E-state index is 13.8. The summed E-state index contributed by atoms with van der Waals surface area (Å²) < 4.78 is 40.4. The zero-order chi connectivity index (χ0) is 15.3. The lowest BCUT2D eigenvalue weighted by Crippen LogP contribution is -2.37. The molecule has 1 N–H and O–H groups in total. The largest absolute Gasteiger partial charge is 0.313 e. The van der Waals surface area contributed by atoms with Crippen LogP contribution < -0.4 is 5.32 Å². The van der Waals surface area contributed by atoms with E-state index in [4.69, 9.17) is 0 Å². The second-order valence-electron chi connectivity index (χ2n) is 4.95. The number of nitrogens with zero attached hydrogens (tertiary/aromatic N) is 1. The van der Waals surface area contributed by atoms with Gasteiger partial charge in [-0.05, 0) is 31.2 Å². The van der Waals surface area contributed by atoms with E-state index < -0.39 is 10.0 Å². The first-order valence-corrected chi connectivity index (χ1v) is 9.72. The second-order valence-corrected chi connectivity index (χ2v) is 8.11. The summed E-state index contributed by atoms with van der Waals surface area (Å²) in [5.74, 6) is 1.25. The number of benzene rings is 1. The van der Waals surface area contributed by atoms with Crippen molar-refractivity contribution in [3.05, 3.63) is 29.6 Å². The van der Waals surface area contributed by atoms with Crippen molar-refractivity contribution in [1.29, 1.82) is 0 Å². The van der Waals surface area contributed by atoms with E-state index in [1.807, 2.05) is 6.92 Å². The van der Waals surface area contributed by atoms with Crippen LogP contribution in [0.3, 0.4) is 0 Å². The molecule has 1 aromatic rings. The molecule has 0 aliphatic carbocycles. The minimum Gasteiger partial charge on any atom is -0.313 e. The Bertz CT molecular complexity index is 572. The van der Waals surface area contributed by atoms with Gasteiger partial charge in [-0.25, -0.2) is 12.8 Å². The fourth-order valence-electron chi connectivity index (χ4n) is 2.18. The van der Waals surface area contributed by atoms with Crippen LogP contribution in [0.2, 0.25) is 0 Å². The second kappa shape index (κ2) is 7.58. The molecule has 7 heteroatoms. The molecule has 0 aromatic heterocycles. The number of hydrogen-bond acceptors (Lipinski definition) is 4. The third-order valence-electron chi connectivity index (χ3n) is 3.37. The Morgan fingerprint density at radius 2 is 2.05 bits per heavy atom. The Morgan fingerprint density at radius 3 is 2.71 bits per heavy atom. The molecule has 1 aliphatic heterocycles. The Labute approximate surface area is 130 Å². The van der Waals surface area contributed by atoms with Gasteiger partial charge in [-0.2, -0.15) is 16.1 Å². The summed E-state index contributed by atoms with van der Waals surface area (Å²) in [6, 6.07) is 4.05. The third kappa shape index (κ3) is 4.18. The predicted octanol–water partition coefficient (Wildman–Crippen LogP) is 2.06. The highest BCUT2D eigenvalue weighted by atomic mass is 32.2. The van der Waals surface area contributed by atoms with Gasteiger partial charge in [-0.15, -0.1) is 0 Å². The molecule has 2 rings (SSSR count). The topological polar surface area (TPSA) is 49.4 Å². The van der Waals surface area contributed by atoms with Gasteiger partial charge in [-0.3, -0.25) is 0 Å². The van der Waals surface area contributed by atoms with Gasteiger partial charge in [0, 0.05) is 36.7 Å². The lowest BCUT2D eigenvalue weighted by atomic mass is 10.2. The van der Waals surface area contributed by atoms with Gasteiger partial charge in [-0.1, -0.05) is 6.92 Å². The monoisotopic (exact) mass is 332 g/mol. The van der Waals surface area contributed by atoms with Gasteiger partial charge in [0.1, 0.15) is 5.82 Å². The fourth-order valence-corrected chi connectivity index (χ4v) is 4.81. The number of hydrogen-bond donors (Lipinski definition) is 1. The quantitative estimate of drug-likeness (QED) is 0.810.